The molecule has 0 amide bonds. The van der Waals surface area contributed by atoms with Crippen molar-refractivity contribution in [1.82, 2.24) is 19.7 Å². The average Bonchev–Trinajstić information content (AvgIpc) is 3.48. The molecular formula is C22H24N4O2. The number of hydrogen-bond donors (Lipinski definition) is 0. The van der Waals surface area contributed by atoms with Gasteiger partial charge in [-0.25, -0.2) is 9.67 Å². The highest BCUT2D eigenvalue weighted by molar-refractivity contribution is 5.53. The van der Waals surface area contributed by atoms with Crippen LogP contribution in [0.25, 0.3) is 11.4 Å². The fourth-order valence-electron chi connectivity index (χ4n) is 4.14. The minimum absolute atomic E-state index is 0.215. The van der Waals surface area contributed by atoms with Crippen molar-refractivity contribution in [2.45, 2.75) is 44.4 Å². The monoisotopic (exact) mass is 376 g/mol. The van der Waals surface area contributed by atoms with Gasteiger partial charge in [-0.3, -0.25) is 4.98 Å². The summed E-state index contributed by atoms with van der Waals surface area (Å²) in [5.74, 6) is 1.61. The van der Waals surface area contributed by atoms with Crippen molar-refractivity contribution in [3.8, 4) is 11.4 Å². The minimum Gasteiger partial charge on any atom is -0.376 e. The number of nitrogens with zero attached hydrogens (tertiary/aromatic N) is 4. The zero-order valence-corrected chi connectivity index (χ0v) is 15.8. The van der Waals surface area contributed by atoms with Crippen LogP contribution in [0.5, 0.6) is 0 Å². The van der Waals surface area contributed by atoms with Crippen LogP contribution in [0.4, 0.5) is 0 Å². The van der Waals surface area contributed by atoms with E-state index in [1.165, 1.54) is 11.1 Å². The third-order valence-electron chi connectivity index (χ3n) is 5.57. The van der Waals surface area contributed by atoms with Crippen molar-refractivity contribution in [1.29, 1.82) is 0 Å². The second kappa shape index (κ2) is 7.81. The predicted molar refractivity (Wildman–Crippen MR) is 105 cm³/mol. The lowest BCUT2D eigenvalue weighted by Crippen LogP contribution is -2.18. The van der Waals surface area contributed by atoms with Gasteiger partial charge in [0.1, 0.15) is 6.61 Å². The first kappa shape index (κ1) is 17.5. The Morgan fingerprint density at radius 1 is 1.07 bits per heavy atom. The molecule has 3 heterocycles. The van der Waals surface area contributed by atoms with Gasteiger partial charge in [0, 0.05) is 24.6 Å². The van der Waals surface area contributed by atoms with Crippen LogP contribution < -0.4 is 0 Å². The molecule has 3 aromatic rings. The maximum absolute atomic E-state index is 5.97. The van der Waals surface area contributed by atoms with E-state index in [9.17, 15) is 0 Å². The van der Waals surface area contributed by atoms with Crippen molar-refractivity contribution < 1.29 is 9.47 Å². The average molecular weight is 376 g/mol. The van der Waals surface area contributed by atoms with Crippen LogP contribution in [-0.2, 0) is 28.9 Å². The molecule has 1 aliphatic carbocycles. The highest BCUT2D eigenvalue weighted by Crippen LogP contribution is 2.31. The van der Waals surface area contributed by atoms with Crippen LogP contribution in [0.1, 0.15) is 35.8 Å². The molecule has 0 radical (unpaired) electrons. The molecule has 1 unspecified atom stereocenters. The van der Waals surface area contributed by atoms with Gasteiger partial charge in [0.05, 0.1) is 18.8 Å². The molecule has 1 aromatic carbocycles. The molecule has 28 heavy (non-hydrogen) atoms. The van der Waals surface area contributed by atoms with Gasteiger partial charge in [0.15, 0.2) is 11.6 Å². The molecule has 2 aromatic heterocycles. The molecule has 0 spiro atoms. The number of rotatable bonds is 6. The first-order chi connectivity index (χ1) is 13.9. The van der Waals surface area contributed by atoms with Gasteiger partial charge in [0.2, 0.25) is 0 Å². The van der Waals surface area contributed by atoms with E-state index in [1.54, 1.807) is 12.4 Å². The SMILES string of the molecule is c1ccc2c(c1)CC(n1nc(-c3ccncc3)nc1COCC1CCCO1)C2. The van der Waals surface area contributed by atoms with Gasteiger partial charge in [-0.1, -0.05) is 24.3 Å². The topological polar surface area (TPSA) is 62.1 Å². The first-order valence-corrected chi connectivity index (χ1v) is 9.99. The third kappa shape index (κ3) is 3.57. The van der Waals surface area contributed by atoms with E-state index in [1.807, 2.05) is 12.1 Å². The number of ether oxygens (including phenoxy) is 2. The van der Waals surface area contributed by atoms with Gasteiger partial charge in [-0.15, -0.1) is 0 Å². The Morgan fingerprint density at radius 2 is 1.86 bits per heavy atom. The number of hydrogen-bond acceptors (Lipinski definition) is 5. The summed E-state index contributed by atoms with van der Waals surface area (Å²) in [5, 5.41) is 4.86. The van der Waals surface area contributed by atoms with Crippen molar-refractivity contribution in [3.05, 3.63) is 65.7 Å². The highest BCUT2D eigenvalue weighted by atomic mass is 16.5. The summed E-state index contributed by atoms with van der Waals surface area (Å²) in [6.07, 6.45) is 7.92. The van der Waals surface area contributed by atoms with E-state index in [4.69, 9.17) is 19.6 Å². The number of aromatic nitrogens is 4. The zero-order chi connectivity index (χ0) is 18.8. The normalized spacial score (nSPS) is 19.2. The largest absolute Gasteiger partial charge is 0.376 e. The van der Waals surface area contributed by atoms with E-state index in [0.717, 1.165) is 49.5 Å². The molecule has 1 aliphatic heterocycles. The second-order valence-corrected chi connectivity index (χ2v) is 7.51. The molecule has 144 valence electrons. The van der Waals surface area contributed by atoms with Crippen LogP contribution in [0.2, 0.25) is 0 Å². The molecule has 1 saturated heterocycles. The molecule has 2 aliphatic rings. The fourth-order valence-corrected chi connectivity index (χ4v) is 4.14. The molecule has 0 bridgehead atoms. The van der Waals surface area contributed by atoms with Crippen molar-refractivity contribution in [2.24, 2.45) is 0 Å². The Bertz CT molecular complexity index is 910. The summed E-state index contributed by atoms with van der Waals surface area (Å²) in [5.41, 5.74) is 3.78. The van der Waals surface area contributed by atoms with E-state index < -0.39 is 0 Å². The van der Waals surface area contributed by atoms with E-state index in [0.29, 0.717) is 13.2 Å². The molecule has 6 heteroatoms. The van der Waals surface area contributed by atoms with Crippen LogP contribution in [0, 0.1) is 0 Å². The Kier molecular flexibility index (Phi) is 4.89. The Labute approximate surface area is 164 Å². The van der Waals surface area contributed by atoms with E-state index >= 15 is 0 Å². The molecular weight excluding hydrogens is 352 g/mol. The standard InChI is InChI=1S/C22H24N4O2/c1-2-5-18-13-19(12-17(18)4-1)26-21(15-27-14-20-6-3-11-28-20)24-22(25-26)16-7-9-23-10-8-16/h1-2,4-5,7-10,19-20H,3,6,11-15H2. The number of benzene rings is 1. The Morgan fingerprint density at radius 3 is 2.57 bits per heavy atom. The number of fused-ring (bicyclic) bond motifs is 1. The van der Waals surface area contributed by atoms with Crippen molar-refractivity contribution in [2.75, 3.05) is 13.2 Å². The summed E-state index contributed by atoms with van der Waals surface area (Å²) in [7, 11) is 0. The summed E-state index contributed by atoms with van der Waals surface area (Å²) in [6.45, 7) is 1.91. The molecule has 0 N–H and O–H groups in total. The van der Waals surface area contributed by atoms with Crippen LogP contribution >= 0.6 is 0 Å². The minimum atomic E-state index is 0.215. The lowest BCUT2D eigenvalue weighted by atomic mass is 10.1. The highest BCUT2D eigenvalue weighted by Gasteiger charge is 2.27. The molecule has 5 rings (SSSR count). The van der Waals surface area contributed by atoms with Gasteiger partial charge >= 0.3 is 0 Å². The van der Waals surface area contributed by atoms with E-state index in [-0.39, 0.29) is 12.1 Å². The molecule has 6 nitrogen and oxygen atoms in total. The summed E-state index contributed by atoms with van der Waals surface area (Å²) >= 11 is 0. The smallest absolute Gasteiger partial charge is 0.181 e. The van der Waals surface area contributed by atoms with Gasteiger partial charge in [-0.05, 0) is 48.9 Å². The molecule has 0 saturated carbocycles. The van der Waals surface area contributed by atoms with Gasteiger partial charge < -0.3 is 9.47 Å². The molecule has 1 fully saturated rings. The van der Waals surface area contributed by atoms with Crippen molar-refractivity contribution in [3.63, 3.8) is 0 Å². The first-order valence-electron chi connectivity index (χ1n) is 9.99. The summed E-state index contributed by atoms with van der Waals surface area (Å²) in [4.78, 5) is 8.91. The van der Waals surface area contributed by atoms with Crippen LogP contribution in [0.3, 0.4) is 0 Å². The lowest BCUT2D eigenvalue weighted by molar-refractivity contribution is 0.00728. The van der Waals surface area contributed by atoms with Gasteiger partial charge in [-0.2, -0.15) is 5.10 Å². The second-order valence-electron chi connectivity index (χ2n) is 7.51. The molecule has 1 atom stereocenters. The zero-order valence-electron chi connectivity index (χ0n) is 15.8. The maximum atomic E-state index is 5.97. The van der Waals surface area contributed by atoms with E-state index in [2.05, 4.69) is 33.9 Å². The Hall–Kier alpha value is -2.57. The predicted octanol–water partition coefficient (Wildman–Crippen LogP) is 3.38. The Balaban J connectivity index is 1.38. The summed E-state index contributed by atoms with van der Waals surface area (Å²) < 4.78 is 13.7. The number of pyridine rings is 1. The van der Waals surface area contributed by atoms with Gasteiger partial charge in [0.25, 0.3) is 0 Å². The maximum Gasteiger partial charge on any atom is 0.181 e. The van der Waals surface area contributed by atoms with Crippen LogP contribution in [-0.4, -0.2) is 39.1 Å². The summed E-state index contributed by atoms with van der Waals surface area (Å²) in [6, 6.07) is 12.8. The van der Waals surface area contributed by atoms with Crippen molar-refractivity contribution >= 4 is 0 Å². The third-order valence-corrected chi connectivity index (χ3v) is 5.57. The fraction of sp³-hybridized carbons (Fsp3) is 0.409. The quantitative estimate of drug-likeness (QED) is 0.660. The lowest BCUT2D eigenvalue weighted by Gasteiger charge is -2.14. The van der Waals surface area contributed by atoms with Crippen LogP contribution in [0.15, 0.2) is 48.8 Å².